The van der Waals surface area contributed by atoms with Gasteiger partial charge in [0.15, 0.2) is 5.82 Å². The Bertz CT molecular complexity index is 689. The van der Waals surface area contributed by atoms with Crippen LogP contribution in [0.3, 0.4) is 0 Å². The summed E-state index contributed by atoms with van der Waals surface area (Å²) in [6.45, 7) is 3.47. The van der Waals surface area contributed by atoms with E-state index in [9.17, 15) is 0 Å². The molecule has 1 aliphatic carbocycles. The average Bonchev–Trinajstić information content (AvgIpc) is 3.40. The lowest BCUT2D eigenvalue weighted by molar-refractivity contribution is 0.650. The minimum Gasteiger partial charge on any atom is -0.382 e. The monoisotopic (exact) mass is 312 g/mol. The molecule has 120 valence electrons. The van der Waals surface area contributed by atoms with E-state index in [0.717, 1.165) is 43.4 Å². The summed E-state index contributed by atoms with van der Waals surface area (Å²) in [4.78, 5) is 21.5. The van der Waals surface area contributed by atoms with Gasteiger partial charge in [-0.05, 0) is 12.8 Å². The third kappa shape index (κ3) is 2.84. The van der Waals surface area contributed by atoms with Crippen molar-refractivity contribution in [3.63, 3.8) is 0 Å². The number of nitrogens with zero attached hydrogens (tertiary/aromatic N) is 6. The molecule has 2 aromatic heterocycles. The number of rotatable bonds is 3. The number of hydrogen-bond acceptors (Lipinski definition) is 8. The van der Waals surface area contributed by atoms with Gasteiger partial charge < -0.3 is 21.3 Å². The molecular formula is C15H20N8. The molecule has 4 rings (SSSR count). The van der Waals surface area contributed by atoms with Crippen LogP contribution >= 0.6 is 0 Å². The molecule has 8 heteroatoms. The highest BCUT2D eigenvalue weighted by atomic mass is 15.3. The number of aromatic nitrogens is 4. The zero-order chi connectivity index (χ0) is 15.8. The SMILES string of the molecule is Nc1ncc(N2CCN(c3cnc(C4CC4)nc3)CC2)c(N)n1. The van der Waals surface area contributed by atoms with Crippen LogP contribution in [0.15, 0.2) is 18.6 Å². The van der Waals surface area contributed by atoms with Crippen molar-refractivity contribution in [2.45, 2.75) is 18.8 Å². The van der Waals surface area contributed by atoms with Crippen molar-refractivity contribution in [1.29, 1.82) is 0 Å². The van der Waals surface area contributed by atoms with Crippen molar-refractivity contribution in [2.75, 3.05) is 47.4 Å². The molecule has 1 saturated heterocycles. The molecule has 4 N–H and O–H groups in total. The first kappa shape index (κ1) is 14.0. The standard InChI is InChI=1S/C15H20N8/c16-13-12(9-20-15(17)21-13)23-5-3-22(4-6-23)11-7-18-14(19-8-11)10-1-2-10/h7-10H,1-6H2,(H4,16,17,20,21). The Labute approximate surface area is 134 Å². The smallest absolute Gasteiger partial charge is 0.222 e. The summed E-state index contributed by atoms with van der Waals surface area (Å²) in [6, 6.07) is 0. The quantitative estimate of drug-likeness (QED) is 0.849. The minimum absolute atomic E-state index is 0.206. The maximum absolute atomic E-state index is 5.94. The Morgan fingerprint density at radius 1 is 0.870 bits per heavy atom. The van der Waals surface area contributed by atoms with Crippen LogP contribution < -0.4 is 21.3 Å². The summed E-state index contributed by atoms with van der Waals surface area (Å²) in [5, 5.41) is 0. The van der Waals surface area contributed by atoms with Crippen molar-refractivity contribution in [3.05, 3.63) is 24.4 Å². The Morgan fingerprint density at radius 2 is 1.52 bits per heavy atom. The predicted molar refractivity (Wildman–Crippen MR) is 89.3 cm³/mol. The lowest BCUT2D eigenvalue weighted by Gasteiger charge is -2.37. The lowest BCUT2D eigenvalue weighted by atomic mass is 10.2. The Morgan fingerprint density at radius 3 is 2.13 bits per heavy atom. The van der Waals surface area contributed by atoms with Crippen molar-refractivity contribution in [3.8, 4) is 0 Å². The highest BCUT2D eigenvalue weighted by molar-refractivity contribution is 5.64. The second kappa shape index (κ2) is 5.53. The van der Waals surface area contributed by atoms with Crippen LogP contribution in [0.5, 0.6) is 0 Å². The molecule has 2 fully saturated rings. The lowest BCUT2D eigenvalue weighted by Crippen LogP contribution is -2.47. The molecule has 0 unspecified atom stereocenters. The Kier molecular flexibility index (Phi) is 3.36. The average molecular weight is 312 g/mol. The fourth-order valence-corrected chi connectivity index (χ4v) is 2.90. The van der Waals surface area contributed by atoms with Gasteiger partial charge in [-0.3, -0.25) is 0 Å². The van der Waals surface area contributed by atoms with E-state index in [1.54, 1.807) is 6.20 Å². The molecule has 1 saturated carbocycles. The molecular weight excluding hydrogens is 292 g/mol. The van der Waals surface area contributed by atoms with E-state index < -0.39 is 0 Å². The van der Waals surface area contributed by atoms with E-state index >= 15 is 0 Å². The van der Waals surface area contributed by atoms with Gasteiger partial charge in [0.2, 0.25) is 5.95 Å². The number of piperazine rings is 1. The first-order chi connectivity index (χ1) is 11.2. The topological polar surface area (TPSA) is 110 Å². The highest BCUT2D eigenvalue weighted by Crippen LogP contribution is 2.38. The van der Waals surface area contributed by atoms with Crippen LogP contribution in [0.1, 0.15) is 24.6 Å². The van der Waals surface area contributed by atoms with Gasteiger partial charge in [0.25, 0.3) is 0 Å². The van der Waals surface area contributed by atoms with E-state index in [4.69, 9.17) is 11.5 Å². The molecule has 0 radical (unpaired) electrons. The normalized spacial score (nSPS) is 18.3. The van der Waals surface area contributed by atoms with E-state index in [0.29, 0.717) is 11.7 Å². The molecule has 8 nitrogen and oxygen atoms in total. The molecule has 0 atom stereocenters. The van der Waals surface area contributed by atoms with E-state index in [-0.39, 0.29) is 5.95 Å². The second-order valence-electron chi connectivity index (χ2n) is 6.05. The zero-order valence-electron chi connectivity index (χ0n) is 12.9. The van der Waals surface area contributed by atoms with Crippen LogP contribution in [0.25, 0.3) is 0 Å². The minimum atomic E-state index is 0.206. The summed E-state index contributed by atoms with van der Waals surface area (Å²) < 4.78 is 0. The molecule has 0 aromatic carbocycles. The first-order valence-corrected chi connectivity index (χ1v) is 7.90. The van der Waals surface area contributed by atoms with Gasteiger partial charge in [-0.1, -0.05) is 0 Å². The van der Waals surface area contributed by atoms with Gasteiger partial charge in [0.05, 0.1) is 30.0 Å². The summed E-state index contributed by atoms with van der Waals surface area (Å²) in [6.07, 6.45) is 8.03. The first-order valence-electron chi connectivity index (χ1n) is 7.90. The number of nitrogens with two attached hydrogens (primary N) is 2. The molecule has 0 amide bonds. The third-order valence-corrected chi connectivity index (χ3v) is 4.40. The van der Waals surface area contributed by atoms with E-state index in [1.807, 2.05) is 12.4 Å². The fraction of sp³-hybridized carbons (Fsp3) is 0.467. The van der Waals surface area contributed by atoms with Crippen molar-refractivity contribution in [2.24, 2.45) is 0 Å². The summed E-state index contributed by atoms with van der Waals surface area (Å²) in [5.41, 5.74) is 13.4. The Hall–Kier alpha value is -2.64. The fourth-order valence-electron chi connectivity index (χ4n) is 2.90. The summed E-state index contributed by atoms with van der Waals surface area (Å²) in [7, 11) is 0. The molecule has 2 aromatic rings. The van der Waals surface area contributed by atoms with E-state index in [1.165, 1.54) is 12.8 Å². The Balaban J connectivity index is 1.42. The molecule has 0 spiro atoms. The molecule has 2 aliphatic rings. The molecule has 3 heterocycles. The molecule has 0 bridgehead atoms. The summed E-state index contributed by atoms with van der Waals surface area (Å²) in [5.74, 6) is 2.22. The largest absolute Gasteiger partial charge is 0.382 e. The van der Waals surface area contributed by atoms with Crippen LogP contribution in [0.4, 0.5) is 23.1 Å². The molecule has 23 heavy (non-hydrogen) atoms. The maximum Gasteiger partial charge on any atom is 0.222 e. The highest BCUT2D eigenvalue weighted by Gasteiger charge is 2.27. The van der Waals surface area contributed by atoms with Crippen molar-refractivity contribution < 1.29 is 0 Å². The van der Waals surface area contributed by atoms with Gasteiger partial charge in [-0.15, -0.1) is 0 Å². The molecule has 1 aliphatic heterocycles. The number of anilines is 4. The number of hydrogen-bond donors (Lipinski definition) is 2. The predicted octanol–water partition coefficient (Wildman–Crippen LogP) is 0.635. The zero-order valence-corrected chi connectivity index (χ0v) is 12.9. The van der Waals surface area contributed by atoms with Crippen LogP contribution in [0.2, 0.25) is 0 Å². The third-order valence-electron chi connectivity index (χ3n) is 4.40. The van der Waals surface area contributed by atoms with Crippen molar-refractivity contribution in [1.82, 2.24) is 19.9 Å². The van der Waals surface area contributed by atoms with Crippen LogP contribution in [-0.2, 0) is 0 Å². The van der Waals surface area contributed by atoms with Crippen molar-refractivity contribution >= 4 is 23.1 Å². The second-order valence-corrected chi connectivity index (χ2v) is 6.05. The van der Waals surface area contributed by atoms with Gasteiger partial charge in [0.1, 0.15) is 5.82 Å². The van der Waals surface area contributed by atoms with Gasteiger partial charge in [-0.25, -0.2) is 15.0 Å². The van der Waals surface area contributed by atoms with Gasteiger partial charge >= 0.3 is 0 Å². The van der Waals surface area contributed by atoms with Gasteiger partial charge in [0, 0.05) is 32.1 Å². The van der Waals surface area contributed by atoms with Crippen LogP contribution in [-0.4, -0.2) is 46.1 Å². The number of nitrogen functional groups attached to an aromatic ring is 2. The maximum atomic E-state index is 5.94. The van der Waals surface area contributed by atoms with E-state index in [2.05, 4.69) is 29.7 Å². The summed E-state index contributed by atoms with van der Waals surface area (Å²) >= 11 is 0. The van der Waals surface area contributed by atoms with Gasteiger partial charge in [-0.2, -0.15) is 4.98 Å². The van der Waals surface area contributed by atoms with Crippen LogP contribution in [0, 0.1) is 0 Å².